The lowest BCUT2D eigenvalue weighted by atomic mass is 10.1. The Morgan fingerprint density at radius 1 is 1.20 bits per heavy atom. The van der Waals surface area contributed by atoms with E-state index < -0.39 is 0 Å². The van der Waals surface area contributed by atoms with Crippen LogP contribution < -0.4 is 0 Å². The standard InChI is InChI=1S/C8H15NO/c1-2-4-9(5-3-1)6-8-7-10-8/h8H,1-7H2/t8-/m1/s1. The van der Waals surface area contributed by atoms with E-state index in [4.69, 9.17) is 4.74 Å². The first-order valence-corrected chi connectivity index (χ1v) is 4.29. The van der Waals surface area contributed by atoms with E-state index in [9.17, 15) is 0 Å². The highest BCUT2D eigenvalue weighted by atomic mass is 16.6. The highest BCUT2D eigenvalue weighted by Crippen LogP contribution is 2.14. The molecule has 0 bridgehead atoms. The molecular weight excluding hydrogens is 126 g/mol. The van der Waals surface area contributed by atoms with Crippen molar-refractivity contribution in [3.63, 3.8) is 0 Å². The van der Waals surface area contributed by atoms with Crippen LogP contribution in [-0.4, -0.2) is 37.2 Å². The van der Waals surface area contributed by atoms with Crippen LogP contribution in [0.15, 0.2) is 0 Å². The fraction of sp³-hybridized carbons (Fsp3) is 1.00. The molecule has 2 aliphatic rings. The summed E-state index contributed by atoms with van der Waals surface area (Å²) in [5, 5.41) is 0. The zero-order valence-electron chi connectivity index (χ0n) is 6.38. The summed E-state index contributed by atoms with van der Waals surface area (Å²) < 4.78 is 5.17. The van der Waals surface area contributed by atoms with Crippen LogP contribution in [0.3, 0.4) is 0 Å². The van der Waals surface area contributed by atoms with Crippen molar-refractivity contribution in [1.82, 2.24) is 4.90 Å². The van der Waals surface area contributed by atoms with Crippen molar-refractivity contribution in [1.29, 1.82) is 0 Å². The lowest BCUT2D eigenvalue weighted by Gasteiger charge is -2.25. The summed E-state index contributed by atoms with van der Waals surface area (Å²) in [5.41, 5.74) is 0. The largest absolute Gasteiger partial charge is 0.372 e. The number of epoxide rings is 1. The zero-order chi connectivity index (χ0) is 6.81. The molecule has 2 heterocycles. The van der Waals surface area contributed by atoms with Gasteiger partial charge in [-0.3, -0.25) is 0 Å². The molecule has 10 heavy (non-hydrogen) atoms. The molecular formula is C8H15NO. The van der Waals surface area contributed by atoms with Gasteiger partial charge in [0.05, 0.1) is 12.7 Å². The number of piperidine rings is 1. The van der Waals surface area contributed by atoms with E-state index in [1.54, 1.807) is 0 Å². The fourth-order valence-electron chi connectivity index (χ4n) is 1.60. The molecule has 0 saturated carbocycles. The SMILES string of the molecule is C1CCN(C[C@@H]2CO2)CC1. The minimum atomic E-state index is 0.595. The predicted octanol–water partition coefficient (Wildman–Crippen LogP) is 0.871. The third-order valence-corrected chi connectivity index (χ3v) is 2.31. The van der Waals surface area contributed by atoms with E-state index in [-0.39, 0.29) is 0 Å². The number of likely N-dealkylation sites (tertiary alicyclic amines) is 1. The monoisotopic (exact) mass is 141 g/mol. The van der Waals surface area contributed by atoms with Gasteiger partial charge in [-0.2, -0.15) is 0 Å². The Bertz CT molecular complexity index is 106. The van der Waals surface area contributed by atoms with Gasteiger partial charge >= 0.3 is 0 Å². The smallest absolute Gasteiger partial charge is 0.0936 e. The second-order valence-electron chi connectivity index (χ2n) is 3.32. The predicted molar refractivity (Wildman–Crippen MR) is 40.0 cm³/mol. The Morgan fingerprint density at radius 2 is 1.90 bits per heavy atom. The van der Waals surface area contributed by atoms with E-state index in [0.29, 0.717) is 6.10 Å². The summed E-state index contributed by atoms with van der Waals surface area (Å²) in [6.07, 6.45) is 4.82. The summed E-state index contributed by atoms with van der Waals surface area (Å²) in [7, 11) is 0. The maximum Gasteiger partial charge on any atom is 0.0936 e. The number of nitrogens with zero attached hydrogens (tertiary/aromatic N) is 1. The van der Waals surface area contributed by atoms with Crippen LogP contribution in [0.4, 0.5) is 0 Å². The minimum absolute atomic E-state index is 0.595. The summed E-state index contributed by atoms with van der Waals surface area (Å²) in [6, 6.07) is 0. The molecule has 2 heteroatoms. The molecule has 2 fully saturated rings. The molecule has 2 aliphatic heterocycles. The molecule has 1 atom stereocenters. The first kappa shape index (κ1) is 6.62. The normalized spacial score (nSPS) is 34.2. The molecule has 0 aromatic rings. The van der Waals surface area contributed by atoms with Crippen LogP contribution in [0.1, 0.15) is 19.3 Å². The Kier molecular flexibility index (Phi) is 1.91. The molecule has 0 aromatic carbocycles. The van der Waals surface area contributed by atoms with Gasteiger partial charge in [0, 0.05) is 6.54 Å². The van der Waals surface area contributed by atoms with Crippen molar-refractivity contribution >= 4 is 0 Å². The van der Waals surface area contributed by atoms with Gasteiger partial charge in [0.25, 0.3) is 0 Å². The van der Waals surface area contributed by atoms with Crippen LogP contribution >= 0.6 is 0 Å². The average molecular weight is 141 g/mol. The molecule has 0 N–H and O–H groups in total. The highest BCUT2D eigenvalue weighted by Gasteiger charge is 2.25. The van der Waals surface area contributed by atoms with Gasteiger partial charge in [0.1, 0.15) is 0 Å². The molecule has 0 unspecified atom stereocenters. The molecule has 2 nitrogen and oxygen atoms in total. The van der Waals surface area contributed by atoms with Gasteiger partial charge in [-0.15, -0.1) is 0 Å². The third-order valence-electron chi connectivity index (χ3n) is 2.31. The Balaban J connectivity index is 1.69. The van der Waals surface area contributed by atoms with Gasteiger partial charge < -0.3 is 9.64 Å². The van der Waals surface area contributed by atoms with Crippen LogP contribution in [0.2, 0.25) is 0 Å². The fourth-order valence-corrected chi connectivity index (χ4v) is 1.60. The Hall–Kier alpha value is -0.0800. The molecule has 2 rings (SSSR count). The number of hydrogen-bond donors (Lipinski definition) is 0. The lowest BCUT2D eigenvalue weighted by molar-refractivity contribution is 0.207. The van der Waals surface area contributed by atoms with Crippen LogP contribution in [0.5, 0.6) is 0 Å². The van der Waals surface area contributed by atoms with Crippen molar-refractivity contribution in [2.75, 3.05) is 26.2 Å². The van der Waals surface area contributed by atoms with Crippen LogP contribution in [-0.2, 0) is 4.74 Å². The van der Waals surface area contributed by atoms with Crippen molar-refractivity contribution in [2.24, 2.45) is 0 Å². The third kappa shape index (κ3) is 1.70. The number of hydrogen-bond acceptors (Lipinski definition) is 2. The van der Waals surface area contributed by atoms with Crippen molar-refractivity contribution in [3.8, 4) is 0 Å². The highest BCUT2D eigenvalue weighted by molar-refractivity contribution is 4.76. The Morgan fingerprint density at radius 3 is 2.50 bits per heavy atom. The number of rotatable bonds is 2. The van der Waals surface area contributed by atoms with Crippen LogP contribution in [0, 0.1) is 0 Å². The van der Waals surface area contributed by atoms with Gasteiger partial charge in [0.15, 0.2) is 0 Å². The van der Waals surface area contributed by atoms with Gasteiger partial charge in [-0.1, -0.05) is 6.42 Å². The maximum absolute atomic E-state index is 5.17. The minimum Gasteiger partial charge on any atom is -0.372 e. The molecule has 0 amide bonds. The number of ether oxygens (including phenoxy) is 1. The molecule has 2 saturated heterocycles. The topological polar surface area (TPSA) is 15.8 Å². The van der Waals surface area contributed by atoms with Gasteiger partial charge in [0.2, 0.25) is 0 Å². The molecule has 0 radical (unpaired) electrons. The van der Waals surface area contributed by atoms with Crippen molar-refractivity contribution in [2.45, 2.75) is 25.4 Å². The van der Waals surface area contributed by atoms with Crippen molar-refractivity contribution < 1.29 is 4.74 Å². The quantitative estimate of drug-likeness (QED) is 0.530. The second-order valence-corrected chi connectivity index (χ2v) is 3.32. The van der Waals surface area contributed by atoms with Crippen molar-refractivity contribution in [3.05, 3.63) is 0 Å². The maximum atomic E-state index is 5.17. The zero-order valence-corrected chi connectivity index (χ0v) is 6.38. The van der Waals surface area contributed by atoms with E-state index >= 15 is 0 Å². The Labute approximate surface area is 62.2 Å². The van der Waals surface area contributed by atoms with E-state index in [1.807, 2.05) is 0 Å². The summed E-state index contributed by atoms with van der Waals surface area (Å²) in [4.78, 5) is 2.53. The summed E-state index contributed by atoms with van der Waals surface area (Å²) in [6.45, 7) is 4.82. The van der Waals surface area contributed by atoms with E-state index in [0.717, 1.165) is 6.61 Å². The van der Waals surface area contributed by atoms with Gasteiger partial charge in [-0.05, 0) is 25.9 Å². The summed E-state index contributed by atoms with van der Waals surface area (Å²) in [5.74, 6) is 0. The first-order valence-electron chi connectivity index (χ1n) is 4.29. The van der Waals surface area contributed by atoms with Gasteiger partial charge in [-0.25, -0.2) is 0 Å². The summed E-state index contributed by atoms with van der Waals surface area (Å²) >= 11 is 0. The van der Waals surface area contributed by atoms with Crippen LogP contribution in [0.25, 0.3) is 0 Å². The lowest BCUT2D eigenvalue weighted by Crippen LogP contribution is -2.32. The molecule has 58 valence electrons. The van der Waals surface area contributed by atoms with E-state index in [1.165, 1.54) is 38.9 Å². The molecule has 0 aliphatic carbocycles. The van der Waals surface area contributed by atoms with E-state index in [2.05, 4.69) is 4.90 Å². The second kappa shape index (κ2) is 2.89. The average Bonchev–Trinajstić information content (AvgIpc) is 2.74. The molecule has 0 spiro atoms. The first-order chi connectivity index (χ1) is 4.95. The molecule has 0 aromatic heterocycles.